The maximum Gasteiger partial charge on any atom is -0.00201 e. The van der Waals surface area contributed by atoms with Crippen LogP contribution in [0, 0.1) is 0 Å². The van der Waals surface area contributed by atoms with Gasteiger partial charge in [0.25, 0.3) is 0 Å². The number of hydrogen-bond acceptors (Lipinski definition) is 0. The maximum absolute atomic E-state index is 2.35. The van der Waals surface area contributed by atoms with Gasteiger partial charge in [-0.25, -0.2) is 0 Å². The van der Waals surface area contributed by atoms with Gasteiger partial charge in [0.1, 0.15) is 0 Å². The van der Waals surface area contributed by atoms with E-state index in [-0.39, 0.29) is 0 Å². The third-order valence-electron chi connectivity index (χ3n) is 11.1. The first-order chi connectivity index (χ1) is 23.8. The lowest BCUT2D eigenvalue weighted by Gasteiger charge is -2.20. The van der Waals surface area contributed by atoms with Crippen LogP contribution in [0.25, 0.3) is 98.0 Å². The van der Waals surface area contributed by atoms with E-state index in [1.807, 2.05) is 0 Å². The van der Waals surface area contributed by atoms with Gasteiger partial charge in [0.2, 0.25) is 0 Å². The Bertz CT molecular complexity index is 2840. The van der Waals surface area contributed by atoms with E-state index in [9.17, 15) is 0 Å². The molecular weight excluding hydrogens is 577 g/mol. The molecule has 0 atom stereocenters. The Kier molecular flexibility index (Phi) is 5.32. The van der Waals surface area contributed by atoms with Crippen molar-refractivity contribution in [3.63, 3.8) is 0 Å². The fourth-order valence-corrected chi connectivity index (χ4v) is 9.00. The first-order valence-electron chi connectivity index (χ1n) is 17.1. The third kappa shape index (κ3) is 3.55. The summed E-state index contributed by atoms with van der Waals surface area (Å²) in [4.78, 5) is 0. The Hall–Kier alpha value is -5.98. The molecule has 0 heteroatoms. The summed E-state index contributed by atoms with van der Waals surface area (Å²) in [6.07, 6.45) is 2.31. The Morgan fingerprint density at radius 2 is 0.771 bits per heavy atom. The van der Waals surface area contributed by atoms with Crippen molar-refractivity contribution in [3.8, 4) is 33.4 Å². The summed E-state index contributed by atoms with van der Waals surface area (Å²) in [5.74, 6) is 0. The van der Waals surface area contributed by atoms with Crippen molar-refractivity contribution in [1.82, 2.24) is 0 Å². The monoisotopic (exact) mass is 606 g/mol. The minimum absolute atomic E-state index is 1.15. The van der Waals surface area contributed by atoms with Gasteiger partial charge < -0.3 is 0 Å². The van der Waals surface area contributed by atoms with Gasteiger partial charge in [0.05, 0.1) is 0 Å². The Labute approximate surface area is 278 Å². The minimum Gasteiger partial charge on any atom is -0.0616 e. The fraction of sp³-hybridized carbons (Fsp3) is 0.0417. The van der Waals surface area contributed by atoms with E-state index < -0.39 is 0 Å². The van der Waals surface area contributed by atoms with Crippen LogP contribution in [0.1, 0.15) is 11.1 Å². The maximum atomic E-state index is 2.35. The lowest BCUT2D eigenvalue weighted by atomic mass is 9.83. The molecule has 0 nitrogen and oxygen atoms in total. The second-order valence-corrected chi connectivity index (χ2v) is 13.5. The predicted molar refractivity (Wildman–Crippen MR) is 206 cm³/mol. The number of hydrogen-bond donors (Lipinski definition) is 0. The quantitative estimate of drug-likeness (QED) is 0.139. The van der Waals surface area contributed by atoms with Crippen molar-refractivity contribution in [2.24, 2.45) is 0 Å². The minimum atomic E-state index is 1.15. The number of fused-ring (bicyclic) bond motifs is 2. The van der Waals surface area contributed by atoms with Gasteiger partial charge in [-0.3, -0.25) is 0 Å². The molecule has 0 N–H and O–H groups in total. The van der Waals surface area contributed by atoms with E-state index in [4.69, 9.17) is 0 Å². The van der Waals surface area contributed by atoms with Gasteiger partial charge in [-0.05, 0) is 122 Å². The molecule has 0 aliphatic heterocycles. The van der Waals surface area contributed by atoms with E-state index >= 15 is 0 Å². The van der Waals surface area contributed by atoms with Crippen LogP contribution < -0.4 is 0 Å². The van der Waals surface area contributed by atoms with Gasteiger partial charge in [-0.15, -0.1) is 0 Å². The Morgan fingerprint density at radius 1 is 0.271 bits per heavy atom. The first-order valence-corrected chi connectivity index (χ1v) is 17.1. The third-order valence-corrected chi connectivity index (χ3v) is 11.1. The standard InChI is InChI=1S/C48H30/c1-3-12-40-38(10-1)46(34-17-15-29(16-18-34)36-26-23-33-21-19-30-9-6-14-37(36)44(30)33)39-11-2-4-13-41(39)48(40)43-28-25-35-22-20-31-7-5-8-32-24-27-42(43)47(35)45(31)32/h1-18,20,22-28H,19,21H2. The fourth-order valence-electron chi connectivity index (χ4n) is 9.00. The summed E-state index contributed by atoms with van der Waals surface area (Å²) in [5, 5.41) is 15.9. The highest BCUT2D eigenvalue weighted by Gasteiger charge is 2.20. The van der Waals surface area contributed by atoms with Crippen molar-refractivity contribution in [3.05, 3.63) is 169 Å². The molecule has 0 saturated carbocycles. The lowest BCUT2D eigenvalue weighted by Crippen LogP contribution is -1.93. The molecule has 11 rings (SSSR count). The zero-order valence-corrected chi connectivity index (χ0v) is 26.4. The van der Waals surface area contributed by atoms with Gasteiger partial charge in [-0.1, -0.05) is 158 Å². The van der Waals surface area contributed by atoms with Crippen molar-refractivity contribution < 1.29 is 0 Å². The number of rotatable bonds is 3. The van der Waals surface area contributed by atoms with Gasteiger partial charge >= 0.3 is 0 Å². The molecule has 0 fully saturated rings. The van der Waals surface area contributed by atoms with Crippen molar-refractivity contribution in [2.45, 2.75) is 12.8 Å². The van der Waals surface area contributed by atoms with E-state index in [2.05, 4.69) is 158 Å². The molecule has 10 aromatic carbocycles. The molecule has 0 spiro atoms. The molecule has 0 saturated heterocycles. The topological polar surface area (TPSA) is 0 Å². The Balaban J connectivity index is 1.16. The van der Waals surface area contributed by atoms with E-state index in [1.54, 1.807) is 0 Å². The molecule has 10 aromatic rings. The molecular formula is C48H30. The molecule has 0 heterocycles. The van der Waals surface area contributed by atoms with E-state index in [0.717, 1.165) is 12.8 Å². The molecule has 222 valence electrons. The van der Waals surface area contributed by atoms with Crippen molar-refractivity contribution >= 4 is 64.6 Å². The zero-order chi connectivity index (χ0) is 31.3. The van der Waals surface area contributed by atoms with Crippen LogP contribution in [0.4, 0.5) is 0 Å². The molecule has 1 aliphatic rings. The Morgan fingerprint density at radius 3 is 1.48 bits per heavy atom. The van der Waals surface area contributed by atoms with Crippen LogP contribution in [0.2, 0.25) is 0 Å². The van der Waals surface area contributed by atoms with E-state index in [1.165, 1.54) is 109 Å². The number of aryl methyl sites for hydroxylation is 2. The highest BCUT2D eigenvalue weighted by Crippen LogP contribution is 2.47. The summed E-state index contributed by atoms with van der Waals surface area (Å²) < 4.78 is 0. The summed E-state index contributed by atoms with van der Waals surface area (Å²) in [7, 11) is 0. The average Bonchev–Trinajstić information content (AvgIpc) is 3.58. The predicted octanol–water partition coefficient (Wildman–Crippen LogP) is 13.1. The molecule has 0 aromatic heterocycles. The van der Waals surface area contributed by atoms with Gasteiger partial charge in [0.15, 0.2) is 0 Å². The molecule has 1 aliphatic carbocycles. The van der Waals surface area contributed by atoms with Crippen LogP contribution >= 0.6 is 0 Å². The second kappa shape index (κ2) is 9.77. The molecule has 0 amide bonds. The summed E-state index contributed by atoms with van der Waals surface area (Å²) in [6.45, 7) is 0. The van der Waals surface area contributed by atoms with Crippen LogP contribution in [-0.4, -0.2) is 0 Å². The second-order valence-electron chi connectivity index (χ2n) is 13.5. The molecule has 0 bridgehead atoms. The smallest absolute Gasteiger partial charge is 0.00201 e. The largest absolute Gasteiger partial charge is 0.0616 e. The average molecular weight is 607 g/mol. The van der Waals surface area contributed by atoms with E-state index in [0.29, 0.717) is 0 Å². The highest BCUT2D eigenvalue weighted by molar-refractivity contribution is 6.29. The van der Waals surface area contributed by atoms with Gasteiger partial charge in [-0.2, -0.15) is 0 Å². The SMILES string of the molecule is c1cc2ccc3ccc(-c4c5ccccc5c(-c5ccc(-c6ccc7c8c(cccc68)CC7)cc5)c5ccccc45)c4ccc(c1)c2c34. The van der Waals surface area contributed by atoms with Crippen LogP contribution in [0.3, 0.4) is 0 Å². The summed E-state index contributed by atoms with van der Waals surface area (Å²) >= 11 is 0. The number of benzene rings is 10. The normalized spacial score (nSPS) is 12.8. The van der Waals surface area contributed by atoms with Gasteiger partial charge in [0, 0.05) is 0 Å². The van der Waals surface area contributed by atoms with Crippen molar-refractivity contribution in [1.29, 1.82) is 0 Å². The summed E-state index contributed by atoms with van der Waals surface area (Å²) in [5.41, 5.74) is 10.7. The molecule has 0 radical (unpaired) electrons. The van der Waals surface area contributed by atoms with Crippen LogP contribution in [-0.2, 0) is 12.8 Å². The van der Waals surface area contributed by atoms with Crippen LogP contribution in [0.15, 0.2) is 158 Å². The first kappa shape index (κ1) is 26.1. The summed E-state index contributed by atoms with van der Waals surface area (Å²) in [6, 6.07) is 59.4. The molecule has 48 heavy (non-hydrogen) atoms. The zero-order valence-electron chi connectivity index (χ0n) is 26.4. The van der Waals surface area contributed by atoms with Crippen LogP contribution in [0.5, 0.6) is 0 Å². The molecule has 0 unspecified atom stereocenters. The lowest BCUT2D eigenvalue weighted by molar-refractivity contribution is 1.02. The highest BCUT2D eigenvalue weighted by atomic mass is 14.2. The van der Waals surface area contributed by atoms with Crippen molar-refractivity contribution in [2.75, 3.05) is 0 Å².